The van der Waals surface area contributed by atoms with Crippen molar-refractivity contribution in [1.82, 2.24) is 9.88 Å². The molecule has 0 aliphatic heterocycles. The van der Waals surface area contributed by atoms with Crippen molar-refractivity contribution >= 4 is 28.4 Å². The van der Waals surface area contributed by atoms with E-state index in [0.717, 1.165) is 16.5 Å². The van der Waals surface area contributed by atoms with E-state index in [0.29, 0.717) is 17.1 Å². The number of nitrogens with one attached hydrogen (secondary N) is 1. The Kier molecular flexibility index (Phi) is 4.88. The number of halogens is 1. The van der Waals surface area contributed by atoms with Gasteiger partial charge in [-0.05, 0) is 23.8 Å². The van der Waals surface area contributed by atoms with Gasteiger partial charge in [0.15, 0.2) is 0 Å². The lowest BCUT2D eigenvalue weighted by Gasteiger charge is -2.26. The molecule has 1 aromatic heterocycles. The van der Waals surface area contributed by atoms with Gasteiger partial charge in [0.2, 0.25) is 0 Å². The molecule has 134 valence electrons. The number of aromatic nitrogens is 1. The Morgan fingerprint density at radius 3 is 2.58 bits per heavy atom. The molecule has 0 radical (unpaired) electrons. The number of hydrogen-bond donors (Lipinski definition) is 1. The second-order valence-electron chi connectivity index (χ2n) is 7.05. The maximum Gasteiger partial charge on any atom is 0.252 e. The SMILES string of the molecule is Cn1c(=O)cc(C(=O)NCC(C)(C)c2cccc(Cl)c2)c2ccccc21. The molecule has 5 heteroatoms. The van der Waals surface area contributed by atoms with Crippen molar-refractivity contribution in [2.24, 2.45) is 7.05 Å². The molecular formula is C21H21ClN2O2. The Hall–Kier alpha value is -2.59. The number of rotatable bonds is 4. The summed E-state index contributed by atoms with van der Waals surface area (Å²) in [6, 6.07) is 16.4. The minimum atomic E-state index is -0.296. The monoisotopic (exact) mass is 368 g/mol. The Morgan fingerprint density at radius 1 is 1.12 bits per heavy atom. The average molecular weight is 369 g/mol. The van der Waals surface area contributed by atoms with Crippen molar-refractivity contribution in [2.45, 2.75) is 19.3 Å². The van der Waals surface area contributed by atoms with Gasteiger partial charge in [-0.3, -0.25) is 9.59 Å². The van der Waals surface area contributed by atoms with Gasteiger partial charge in [0.1, 0.15) is 0 Å². The fraction of sp³-hybridized carbons (Fsp3) is 0.238. The van der Waals surface area contributed by atoms with Crippen molar-refractivity contribution in [3.63, 3.8) is 0 Å². The maximum absolute atomic E-state index is 12.8. The van der Waals surface area contributed by atoms with Crippen LogP contribution in [0, 0.1) is 0 Å². The molecule has 0 aliphatic rings. The van der Waals surface area contributed by atoms with Gasteiger partial charge in [0.05, 0.1) is 11.1 Å². The molecule has 2 aromatic carbocycles. The van der Waals surface area contributed by atoms with Gasteiger partial charge in [-0.15, -0.1) is 0 Å². The summed E-state index contributed by atoms with van der Waals surface area (Å²) in [4.78, 5) is 25.0. The molecule has 4 nitrogen and oxygen atoms in total. The average Bonchev–Trinajstić information content (AvgIpc) is 2.63. The molecule has 0 bridgehead atoms. The summed E-state index contributed by atoms with van der Waals surface area (Å²) >= 11 is 6.08. The van der Waals surface area contributed by atoms with Gasteiger partial charge in [-0.25, -0.2) is 0 Å². The number of carbonyl (C=O) groups is 1. The third-order valence-corrected chi connectivity index (χ3v) is 4.93. The van der Waals surface area contributed by atoms with Crippen LogP contribution in [0.25, 0.3) is 10.9 Å². The zero-order valence-electron chi connectivity index (χ0n) is 15.0. The zero-order chi connectivity index (χ0) is 18.9. The highest BCUT2D eigenvalue weighted by molar-refractivity contribution is 6.30. The second kappa shape index (κ2) is 6.96. The van der Waals surface area contributed by atoms with Gasteiger partial charge in [0, 0.05) is 35.5 Å². The molecule has 0 spiro atoms. The van der Waals surface area contributed by atoms with Crippen molar-refractivity contribution in [1.29, 1.82) is 0 Å². The fourth-order valence-corrected chi connectivity index (χ4v) is 3.20. The molecule has 0 aliphatic carbocycles. The molecule has 0 atom stereocenters. The smallest absolute Gasteiger partial charge is 0.252 e. The van der Waals surface area contributed by atoms with E-state index in [4.69, 9.17) is 11.6 Å². The first kappa shape index (κ1) is 18.2. The number of nitrogens with zero attached hydrogens (tertiary/aromatic N) is 1. The summed E-state index contributed by atoms with van der Waals surface area (Å²) in [7, 11) is 1.70. The molecule has 3 rings (SSSR count). The van der Waals surface area contributed by atoms with Gasteiger partial charge in [-0.1, -0.05) is 55.8 Å². The highest BCUT2D eigenvalue weighted by atomic mass is 35.5. The van der Waals surface area contributed by atoms with Crippen molar-refractivity contribution in [3.8, 4) is 0 Å². The molecule has 0 fully saturated rings. The largest absolute Gasteiger partial charge is 0.351 e. The van der Waals surface area contributed by atoms with Crippen LogP contribution in [-0.4, -0.2) is 17.0 Å². The van der Waals surface area contributed by atoms with Crippen molar-refractivity contribution in [3.05, 3.63) is 81.1 Å². The van der Waals surface area contributed by atoms with Crippen LogP contribution in [0.2, 0.25) is 5.02 Å². The molecular weight excluding hydrogens is 348 g/mol. The molecule has 1 amide bonds. The van der Waals surface area contributed by atoms with Crippen LogP contribution in [-0.2, 0) is 12.5 Å². The number of hydrogen-bond acceptors (Lipinski definition) is 2. The van der Waals surface area contributed by atoms with Crippen LogP contribution in [0.3, 0.4) is 0 Å². The summed E-state index contributed by atoms with van der Waals surface area (Å²) in [5.74, 6) is -0.256. The van der Waals surface area contributed by atoms with E-state index in [2.05, 4.69) is 5.32 Å². The molecule has 26 heavy (non-hydrogen) atoms. The van der Waals surface area contributed by atoms with E-state index in [1.807, 2.05) is 62.4 Å². The first-order chi connectivity index (χ1) is 12.3. The molecule has 0 unspecified atom stereocenters. The fourth-order valence-electron chi connectivity index (χ4n) is 3.01. The lowest BCUT2D eigenvalue weighted by molar-refractivity contribution is 0.0947. The number of fused-ring (bicyclic) bond motifs is 1. The molecule has 0 saturated carbocycles. The summed E-state index contributed by atoms with van der Waals surface area (Å²) in [6.07, 6.45) is 0. The number of amides is 1. The lowest BCUT2D eigenvalue weighted by atomic mass is 9.84. The summed E-state index contributed by atoms with van der Waals surface area (Å²) in [5.41, 5.74) is 1.67. The normalized spacial score (nSPS) is 11.5. The van der Waals surface area contributed by atoms with Crippen LogP contribution < -0.4 is 10.9 Å². The number of benzene rings is 2. The van der Waals surface area contributed by atoms with Crippen molar-refractivity contribution < 1.29 is 4.79 Å². The predicted molar refractivity (Wildman–Crippen MR) is 106 cm³/mol. The Labute approximate surface area is 157 Å². The molecule has 0 saturated heterocycles. The molecule has 1 heterocycles. The Bertz CT molecular complexity index is 1040. The van der Waals surface area contributed by atoms with Gasteiger partial charge in [-0.2, -0.15) is 0 Å². The number of pyridine rings is 1. The van der Waals surface area contributed by atoms with Crippen LogP contribution >= 0.6 is 11.6 Å². The highest BCUT2D eigenvalue weighted by Crippen LogP contribution is 2.25. The van der Waals surface area contributed by atoms with Crippen LogP contribution in [0.1, 0.15) is 29.8 Å². The first-order valence-corrected chi connectivity index (χ1v) is 8.80. The lowest BCUT2D eigenvalue weighted by Crippen LogP contribution is -2.37. The van der Waals surface area contributed by atoms with Crippen LogP contribution in [0.5, 0.6) is 0 Å². The van der Waals surface area contributed by atoms with E-state index in [1.165, 1.54) is 6.07 Å². The van der Waals surface area contributed by atoms with Gasteiger partial charge in [0.25, 0.3) is 11.5 Å². The van der Waals surface area contributed by atoms with Gasteiger partial charge >= 0.3 is 0 Å². The van der Waals surface area contributed by atoms with Crippen LogP contribution in [0.4, 0.5) is 0 Å². The standard InChI is InChI=1S/C21H21ClN2O2/c1-21(2,14-7-6-8-15(22)11-14)13-23-20(26)17-12-19(25)24(3)18-10-5-4-9-16(17)18/h4-12H,13H2,1-3H3,(H,23,26). The van der Waals surface area contributed by atoms with E-state index >= 15 is 0 Å². The minimum Gasteiger partial charge on any atom is -0.351 e. The third kappa shape index (κ3) is 3.51. The predicted octanol–water partition coefficient (Wildman–Crippen LogP) is 3.90. The van der Waals surface area contributed by atoms with Gasteiger partial charge < -0.3 is 9.88 Å². The quantitative estimate of drug-likeness (QED) is 0.759. The van der Waals surface area contributed by atoms with E-state index in [9.17, 15) is 9.59 Å². The van der Waals surface area contributed by atoms with E-state index in [1.54, 1.807) is 11.6 Å². The highest BCUT2D eigenvalue weighted by Gasteiger charge is 2.23. The second-order valence-corrected chi connectivity index (χ2v) is 7.49. The maximum atomic E-state index is 12.8. The Balaban J connectivity index is 1.88. The first-order valence-electron chi connectivity index (χ1n) is 8.42. The zero-order valence-corrected chi connectivity index (χ0v) is 15.8. The summed E-state index contributed by atoms with van der Waals surface area (Å²) in [5, 5.41) is 4.39. The number of aryl methyl sites for hydroxylation is 1. The van der Waals surface area contributed by atoms with Crippen LogP contribution in [0.15, 0.2) is 59.4 Å². The third-order valence-electron chi connectivity index (χ3n) is 4.70. The minimum absolute atomic E-state index is 0.206. The topological polar surface area (TPSA) is 51.1 Å². The Morgan fingerprint density at radius 2 is 1.85 bits per heavy atom. The summed E-state index contributed by atoms with van der Waals surface area (Å²) in [6.45, 7) is 4.51. The molecule has 1 N–H and O–H groups in total. The molecule has 3 aromatic rings. The van der Waals surface area contributed by atoms with E-state index in [-0.39, 0.29) is 16.9 Å². The number of para-hydroxylation sites is 1. The van der Waals surface area contributed by atoms with E-state index < -0.39 is 0 Å². The number of carbonyl (C=O) groups excluding carboxylic acids is 1. The van der Waals surface area contributed by atoms with Crippen molar-refractivity contribution in [2.75, 3.05) is 6.54 Å². The summed E-state index contributed by atoms with van der Waals surface area (Å²) < 4.78 is 1.54.